The molecule has 0 fully saturated rings. The molecular weight excluding hydrogens is 265 g/mol. The molecule has 1 atom stereocenters. The van der Waals surface area contributed by atoms with Gasteiger partial charge in [-0.1, -0.05) is 29.3 Å². The topological polar surface area (TPSA) is 50.9 Å². The molecule has 1 unspecified atom stereocenters. The van der Waals surface area contributed by atoms with E-state index < -0.39 is 0 Å². The predicted octanol–water partition coefficient (Wildman–Crippen LogP) is 3.00. The van der Waals surface area contributed by atoms with Gasteiger partial charge in [-0.3, -0.25) is 5.84 Å². The van der Waals surface area contributed by atoms with E-state index in [9.17, 15) is 0 Å². The van der Waals surface area contributed by atoms with Crippen LogP contribution in [-0.2, 0) is 0 Å². The zero-order valence-electron chi connectivity index (χ0n) is 8.15. The number of benzene rings is 1. The fourth-order valence-electron chi connectivity index (χ4n) is 1.41. The summed E-state index contributed by atoms with van der Waals surface area (Å²) in [4.78, 5) is 4.22. The number of thiazole rings is 1. The Labute approximate surface area is 107 Å². The lowest BCUT2D eigenvalue weighted by Gasteiger charge is -2.14. The first kappa shape index (κ1) is 11.8. The second-order valence-corrected chi connectivity index (χ2v) is 4.72. The van der Waals surface area contributed by atoms with Gasteiger partial charge in [0, 0.05) is 5.38 Å². The molecule has 1 aromatic heterocycles. The highest BCUT2D eigenvalue weighted by Gasteiger charge is 2.15. The minimum Gasteiger partial charge on any atom is -0.271 e. The quantitative estimate of drug-likeness (QED) is 0.668. The maximum absolute atomic E-state index is 5.96. The summed E-state index contributed by atoms with van der Waals surface area (Å²) in [6, 6.07) is 5.24. The van der Waals surface area contributed by atoms with Crippen molar-refractivity contribution in [2.75, 3.05) is 0 Å². The fourth-order valence-corrected chi connectivity index (χ4v) is 2.30. The van der Waals surface area contributed by atoms with Crippen molar-refractivity contribution < 1.29 is 0 Å². The smallest absolute Gasteiger partial charge is 0.0890 e. The summed E-state index contributed by atoms with van der Waals surface area (Å²) in [6.07, 6.45) is 0. The van der Waals surface area contributed by atoms with Gasteiger partial charge < -0.3 is 0 Å². The number of nitrogens with two attached hydrogens (primary N) is 1. The van der Waals surface area contributed by atoms with Crippen molar-refractivity contribution in [1.29, 1.82) is 0 Å². The van der Waals surface area contributed by atoms with E-state index >= 15 is 0 Å². The molecule has 1 heterocycles. The second-order valence-electron chi connectivity index (χ2n) is 3.19. The molecule has 0 spiro atoms. The monoisotopic (exact) mass is 273 g/mol. The Kier molecular flexibility index (Phi) is 3.78. The molecule has 6 heteroatoms. The molecule has 3 N–H and O–H groups in total. The molecule has 2 rings (SSSR count). The number of nitrogens with one attached hydrogen (secondary N) is 1. The van der Waals surface area contributed by atoms with Gasteiger partial charge in [0.1, 0.15) is 0 Å². The Hall–Kier alpha value is -0.650. The zero-order chi connectivity index (χ0) is 11.5. The molecule has 16 heavy (non-hydrogen) atoms. The summed E-state index contributed by atoms with van der Waals surface area (Å²) in [5.41, 5.74) is 6.27. The maximum Gasteiger partial charge on any atom is 0.0890 e. The van der Waals surface area contributed by atoms with Crippen LogP contribution in [-0.4, -0.2) is 4.98 Å². The van der Waals surface area contributed by atoms with E-state index in [1.54, 1.807) is 17.6 Å². The van der Waals surface area contributed by atoms with Gasteiger partial charge in [0.15, 0.2) is 0 Å². The van der Waals surface area contributed by atoms with Gasteiger partial charge in [0.25, 0.3) is 0 Å². The van der Waals surface area contributed by atoms with Gasteiger partial charge in [-0.15, -0.1) is 11.3 Å². The van der Waals surface area contributed by atoms with Crippen molar-refractivity contribution >= 4 is 34.5 Å². The molecule has 0 amide bonds. The Bertz CT molecular complexity index is 473. The Morgan fingerprint density at radius 3 is 2.69 bits per heavy atom. The van der Waals surface area contributed by atoms with Gasteiger partial charge in [-0.05, 0) is 17.7 Å². The van der Waals surface area contributed by atoms with Crippen LogP contribution in [0.1, 0.15) is 17.3 Å². The Morgan fingerprint density at radius 1 is 1.31 bits per heavy atom. The van der Waals surface area contributed by atoms with E-state index in [0.717, 1.165) is 11.3 Å². The van der Waals surface area contributed by atoms with Crippen LogP contribution in [0, 0.1) is 0 Å². The summed E-state index contributed by atoms with van der Waals surface area (Å²) in [5.74, 6) is 5.52. The van der Waals surface area contributed by atoms with Crippen molar-refractivity contribution in [3.05, 3.63) is 50.4 Å². The number of rotatable bonds is 3. The fraction of sp³-hybridized carbons (Fsp3) is 0.100. The summed E-state index contributed by atoms with van der Waals surface area (Å²) in [5, 5.41) is 2.97. The van der Waals surface area contributed by atoms with Crippen molar-refractivity contribution in [3.63, 3.8) is 0 Å². The number of hydrazine groups is 1. The average Bonchev–Trinajstić information content (AvgIpc) is 2.78. The first-order valence-corrected chi connectivity index (χ1v) is 6.21. The minimum atomic E-state index is -0.166. The van der Waals surface area contributed by atoms with Gasteiger partial charge >= 0.3 is 0 Å². The first-order chi connectivity index (χ1) is 7.72. The van der Waals surface area contributed by atoms with Crippen LogP contribution in [0.15, 0.2) is 29.1 Å². The maximum atomic E-state index is 5.96. The second kappa shape index (κ2) is 5.12. The first-order valence-electron chi connectivity index (χ1n) is 4.51. The van der Waals surface area contributed by atoms with Crippen LogP contribution < -0.4 is 11.3 Å². The van der Waals surface area contributed by atoms with E-state index in [2.05, 4.69) is 10.4 Å². The van der Waals surface area contributed by atoms with Crippen LogP contribution in [0.3, 0.4) is 0 Å². The van der Waals surface area contributed by atoms with Gasteiger partial charge in [0.2, 0.25) is 0 Å². The molecule has 0 bridgehead atoms. The molecule has 0 saturated carbocycles. The Balaban J connectivity index is 2.37. The third-order valence-electron chi connectivity index (χ3n) is 2.19. The van der Waals surface area contributed by atoms with Crippen LogP contribution in [0.4, 0.5) is 0 Å². The standard InChI is InChI=1S/C10H9Cl2N3S/c11-7-2-1-6(3-8(7)12)10(15-13)9-4-16-5-14-9/h1-5,10,15H,13H2. The van der Waals surface area contributed by atoms with E-state index in [0.29, 0.717) is 10.0 Å². The summed E-state index contributed by atoms with van der Waals surface area (Å²) < 4.78 is 0. The minimum absolute atomic E-state index is 0.166. The molecular formula is C10H9Cl2N3S. The van der Waals surface area contributed by atoms with Crippen LogP contribution >= 0.6 is 34.5 Å². The number of aromatic nitrogens is 1. The number of nitrogens with zero attached hydrogens (tertiary/aromatic N) is 1. The molecule has 3 nitrogen and oxygen atoms in total. The molecule has 0 aliphatic rings. The van der Waals surface area contributed by atoms with Crippen LogP contribution in [0.2, 0.25) is 10.0 Å². The molecule has 0 aliphatic carbocycles. The number of halogens is 2. The number of hydrogen-bond acceptors (Lipinski definition) is 4. The largest absolute Gasteiger partial charge is 0.271 e. The van der Waals surface area contributed by atoms with Crippen molar-refractivity contribution in [3.8, 4) is 0 Å². The van der Waals surface area contributed by atoms with Crippen molar-refractivity contribution in [2.24, 2.45) is 5.84 Å². The molecule has 84 valence electrons. The normalized spacial score (nSPS) is 12.7. The van der Waals surface area contributed by atoms with Gasteiger partial charge in [-0.2, -0.15) is 0 Å². The van der Waals surface area contributed by atoms with Crippen LogP contribution in [0.25, 0.3) is 0 Å². The third-order valence-corrected chi connectivity index (χ3v) is 3.53. The van der Waals surface area contributed by atoms with Crippen LogP contribution in [0.5, 0.6) is 0 Å². The third kappa shape index (κ3) is 2.36. The summed E-state index contributed by atoms with van der Waals surface area (Å²) in [6.45, 7) is 0. The SMILES string of the molecule is NNC(c1ccc(Cl)c(Cl)c1)c1cscn1. The van der Waals surface area contributed by atoms with Gasteiger partial charge in [-0.25, -0.2) is 10.4 Å². The molecule has 1 aromatic carbocycles. The van der Waals surface area contributed by atoms with E-state index in [-0.39, 0.29) is 6.04 Å². The predicted molar refractivity (Wildman–Crippen MR) is 67.7 cm³/mol. The summed E-state index contributed by atoms with van der Waals surface area (Å²) >= 11 is 13.3. The molecule has 0 saturated heterocycles. The highest BCUT2D eigenvalue weighted by Crippen LogP contribution is 2.28. The molecule has 2 aromatic rings. The van der Waals surface area contributed by atoms with Crippen molar-refractivity contribution in [2.45, 2.75) is 6.04 Å². The van der Waals surface area contributed by atoms with Crippen molar-refractivity contribution in [1.82, 2.24) is 10.4 Å². The summed E-state index contributed by atoms with van der Waals surface area (Å²) in [7, 11) is 0. The average molecular weight is 274 g/mol. The lowest BCUT2D eigenvalue weighted by molar-refractivity contribution is 0.624. The Morgan fingerprint density at radius 2 is 2.12 bits per heavy atom. The zero-order valence-corrected chi connectivity index (χ0v) is 10.5. The van der Waals surface area contributed by atoms with E-state index in [1.165, 1.54) is 11.3 Å². The highest BCUT2D eigenvalue weighted by molar-refractivity contribution is 7.07. The highest BCUT2D eigenvalue weighted by atomic mass is 35.5. The number of hydrogen-bond donors (Lipinski definition) is 2. The van der Waals surface area contributed by atoms with Gasteiger partial charge in [0.05, 0.1) is 27.3 Å². The molecule has 0 aliphatic heterocycles. The lowest BCUT2D eigenvalue weighted by Crippen LogP contribution is -2.29. The van der Waals surface area contributed by atoms with E-state index in [1.807, 2.05) is 11.4 Å². The van der Waals surface area contributed by atoms with E-state index in [4.69, 9.17) is 29.0 Å². The lowest BCUT2D eigenvalue weighted by atomic mass is 10.1. The molecule has 0 radical (unpaired) electrons.